The maximum absolute atomic E-state index is 15.0. The highest BCUT2D eigenvalue weighted by Gasteiger charge is 2.58. The van der Waals surface area contributed by atoms with E-state index in [0.717, 1.165) is 37.2 Å². The molecule has 0 aromatic heterocycles. The molecule has 1 amide bonds. The molecule has 2 heterocycles. The average Bonchev–Trinajstić information content (AvgIpc) is 3.25. The highest BCUT2D eigenvalue weighted by Crippen LogP contribution is 2.47. The molecule has 0 radical (unpaired) electrons. The summed E-state index contributed by atoms with van der Waals surface area (Å²) < 4.78 is 47.7. The van der Waals surface area contributed by atoms with Crippen molar-refractivity contribution in [2.75, 3.05) is 32.9 Å². The monoisotopic (exact) mass is 498 g/mol. The van der Waals surface area contributed by atoms with Crippen LogP contribution in [0.3, 0.4) is 0 Å². The summed E-state index contributed by atoms with van der Waals surface area (Å²) in [4.78, 5) is 15.1. The molecule has 2 saturated carbocycles. The Kier molecular flexibility index (Phi) is 6.44. The predicted molar refractivity (Wildman–Crippen MR) is 130 cm³/mol. The van der Waals surface area contributed by atoms with Crippen LogP contribution in [0.25, 0.3) is 11.1 Å². The Bertz CT molecular complexity index is 1120. The number of fused-ring (bicyclic) bond motifs is 1. The van der Waals surface area contributed by atoms with Crippen LogP contribution in [0.5, 0.6) is 5.75 Å². The smallest absolute Gasteiger partial charge is 0.257 e. The molecule has 6 nitrogen and oxygen atoms in total. The first-order valence-electron chi connectivity index (χ1n) is 13.0. The van der Waals surface area contributed by atoms with Gasteiger partial charge in [-0.2, -0.15) is 0 Å². The van der Waals surface area contributed by atoms with Gasteiger partial charge in [0.1, 0.15) is 29.6 Å². The van der Waals surface area contributed by atoms with Crippen molar-refractivity contribution in [2.45, 2.75) is 62.8 Å². The molecule has 8 heteroatoms. The fraction of sp³-hybridized carbons (Fsp3) is 0.536. The van der Waals surface area contributed by atoms with Gasteiger partial charge in [-0.15, -0.1) is 0 Å². The Labute approximate surface area is 209 Å². The molecule has 1 spiro atoms. The number of benzene rings is 2. The van der Waals surface area contributed by atoms with Gasteiger partial charge in [-0.3, -0.25) is 9.69 Å². The van der Waals surface area contributed by atoms with E-state index in [0.29, 0.717) is 50.0 Å². The Morgan fingerprint density at radius 3 is 2.53 bits per heavy atom. The summed E-state index contributed by atoms with van der Waals surface area (Å²) in [7, 11) is 0. The highest BCUT2D eigenvalue weighted by molar-refractivity contribution is 5.96. The SMILES string of the molecule is O=C(NC1CC12CCCO2)c1c(F)cc(-c2ccc3c(c2)COCCN(C2CCC2)CCO3)cc1F. The highest BCUT2D eigenvalue weighted by atomic mass is 19.1. The molecule has 2 aliphatic carbocycles. The first-order chi connectivity index (χ1) is 17.5. The van der Waals surface area contributed by atoms with Crippen molar-refractivity contribution >= 4 is 5.91 Å². The predicted octanol–water partition coefficient (Wildman–Crippen LogP) is 4.45. The number of carbonyl (C=O) groups is 1. The van der Waals surface area contributed by atoms with Gasteiger partial charge in [0.05, 0.1) is 24.9 Å². The summed E-state index contributed by atoms with van der Waals surface area (Å²) in [5, 5.41) is 2.75. The average molecular weight is 499 g/mol. The van der Waals surface area contributed by atoms with Crippen LogP contribution < -0.4 is 10.1 Å². The summed E-state index contributed by atoms with van der Waals surface area (Å²) >= 11 is 0. The van der Waals surface area contributed by atoms with Gasteiger partial charge in [0.2, 0.25) is 0 Å². The van der Waals surface area contributed by atoms with Crippen molar-refractivity contribution in [2.24, 2.45) is 0 Å². The molecule has 4 aliphatic rings. The maximum atomic E-state index is 15.0. The zero-order chi connectivity index (χ0) is 24.7. The molecule has 1 saturated heterocycles. The van der Waals surface area contributed by atoms with Crippen LogP contribution in [0.2, 0.25) is 0 Å². The van der Waals surface area contributed by atoms with Crippen molar-refractivity contribution in [3.8, 4) is 16.9 Å². The van der Waals surface area contributed by atoms with Crippen molar-refractivity contribution in [3.63, 3.8) is 0 Å². The van der Waals surface area contributed by atoms with Crippen LogP contribution in [-0.4, -0.2) is 61.4 Å². The third kappa shape index (κ3) is 4.62. The minimum Gasteiger partial charge on any atom is -0.492 e. The van der Waals surface area contributed by atoms with Crippen molar-refractivity contribution in [3.05, 3.63) is 53.1 Å². The Morgan fingerprint density at radius 2 is 1.81 bits per heavy atom. The number of carbonyl (C=O) groups excluding carboxylic acids is 1. The number of hydrogen-bond acceptors (Lipinski definition) is 5. The molecule has 36 heavy (non-hydrogen) atoms. The Hall–Kier alpha value is -2.55. The number of hydrogen-bond donors (Lipinski definition) is 1. The van der Waals surface area contributed by atoms with E-state index in [2.05, 4.69) is 10.2 Å². The summed E-state index contributed by atoms with van der Waals surface area (Å²) in [5.74, 6) is -1.78. The number of rotatable bonds is 4. The molecular weight excluding hydrogens is 466 g/mol. The van der Waals surface area contributed by atoms with Gasteiger partial charge in [-0.1, -0.05) is 12.5 Å². The summed E-state index contributed by atoms with van der Waals surface area (Å²) in [6.07, 6.45) is 6.27. The maximum Gasteiger partial charge on any atom is 0.257 e. The lowest BCUT2D eigenvalue weighted by Crippen LogP contribution is -2.44. The van der Waals surface area contributed by atoms with E-state index in [9.17, 15) is 13.6 Å². The minimum absolute atomic E-state index is 0.186. The van der Waals surface area contributed by atoms with Gasteiger partial charge in [-0.05, 0) is 61.1 Å². The van der Waals surface area contributed by atoms with Crippen LogP contribution in [-0.2, 0) is 16.1 Å². The molecule has 0 bridgehead atoms. The molecule has 2 aromatic rings. The number of nitrogens with zero attached hydrogens (tertiary/aromatic N) is 1. The van der Waals surface area contributed by atoms with Crippen molar-refractivity contribution < 1.29 is 27.8 Å². The van der Waals surface area contributed by atoms with Crippen LogP contribution in [0.15, 0.2) is 30.3 Å². The minimum atomic E-state index is -0.881. The van der Waals surface area contributed by atoms with Gasteiger partial charge in [0.15, 0.2) is 0 Å². The third-order valence-corrected chi connectivity index (χ3v) is 8.13. The quantitative estimate of drug-likeness (QED) is 0.675. The first kappa shape index (κ1) is 23.8. The van der Waals surface area contributed by atoms with Gasteiger partial charge < -0.3 is 19.5 Å². The zero-order valence-corrected chi connectivity index (χ0v) is 20.4. The van der Waals surface area contributed by atoms with Crippen LogP contribution >= 0.6 is 0 Å². The molecule has 2 unspecified atom stereocenters. The molecule has 2 aliphatic heterocycles. The first-order valence-corrected chi connectivity index (χ1v) is 13.0. The fourth-order valence-electron chi connectivity index (χ4n) is 5.69. The van der Waals surface area contributed by atoms with E-state index in [1.807, 2.05) is 12.1 Å². The molecular formula is C28H32F2N2O4. The fourth-order valence-corrected chi connectivity index (χ4v) is 5.69. The molecule has 3 fully saturated rings. The zero-order valence-electron chi connectivity index (χ0n) is 20.4. The van der Waals surface area contributed by atoms with E-state index in [-0.39, 0.29) is 11.6 Å². The van der Waals surface area contributed by atoms with Crippen LogP contribution in [0.1, 0.15) is 54.4 Å². The summed E-state index contributed by atoms with van der Waals surface area (Å²) in [5.41, 5.74) is 0.947. The van der Waals surface area contributed by atoms with Gasteiger partial charge in [-0.25, -0.2) is 8.78 Å². The van der Waals surface area contributed by atoms with Crippen LogP contribution in [0.4, 0.5) is 8.78 Å². The van der Waals surface area contributed by atoms with Gasteiger partial charge in [0, 0.05) is 37.7 Å². The molecule has 2 atom stereocenters. The Balaban J connectivity index is 1.17. The second-order valence-corrected chi connectivity index (χ2v) is 10.4. The van der Waals surface area contributed by atoms with Crippen molar-refractivity contribution in [1.82, 2.24) is 10.2 Å². The molecule has 192 valence electrons. The number of nitrogens with one attached hydrogen (secondary N) is 1. The number of amides is 1. The lowest BCUT2D eigenvalue weighted by atomic mass is 9.91. The van der Waals surface area contributed by atoms with E-state index >= 15 is 0 Å². The molecule has 2 aromatic carbocycles. The lowest BCUT2D eigenvalue weighted by Gasteiger charge is -2.37. The topological polar surface area (TPSA) is 60.0 Å². The van der Waals surface area contributed by atoms with Gasteiger partial charge >= 0.3 is 0 Å². The second-order valence-electron chi connectivity index (χ2n) is 10.4. The van der Waals surface area contributed by atoms with E-state index in [1.165, 1.54) is 31.4 Å². The lowest BCUT2D eigenvalue weighted by molar-refractivity contribution is 0.0429. The molecule has 1 N–H and O–H groups in total. The standard InChI is InChI=1S/C28H32F2N2O4/c29-22-14-19(15-23(30)26(22)27(33)31-25-16-28(25)7-2-10-36-28)18-5-6-24-20(13-18)17-34-11-8-32(9-12-35-24)21-3-1-4-21/h5-6,13-15,21,25H,1-4,7-12,16-17H2,(H,31,33). The van der Waals surface area contributed by atoms with Crippen molar-refractivity contribution in [1.29, 1.82) is 0 Å². The Morgan fingerprint density at radius 1 is 1.00 bits per heavy atom. The van der Waals surface area contributed by atoms with E-state index in [4.69, 9.17) is 14.2 Å². The third-order valence-electron chi connectivity index (χ3n) is 8.13. The largest absolute Gasteiger partial charge is 0.492 e. The normalized spacial score (nSPS) is 26.7. The van der Waals surface area contributed by atoms with Gasteiger partial charge in [0.25, 0.3) is 5.91 Å². The number of halogens is 2. The molecule has 6 rings (SSSR count). The van der Waals surface area contributed by atoms with E-state index in [1.54, 1.807) is 6.07 Å². The van der Waals surface area contributed by atoms with Crippen LogP contribution in [0, 0.1) is 11.6 Å². The van der Waals surface area contributed by atoms with E-state index < -0.39 is 23.1 Å². The summed E-state index contributed by atoms with van der Waals surface area (Å²) in [6.45, 7) is 3.96. The second kappa shape index (κ2) is 9.72. The number of ether oxygens (including phenoxy) is 3. The summed E-state index contributed by atoms with van der Waals surface area (Å²) in [6, 6.07) is 8.34.